The third-order valence-electron chi connectivity index (χ3n) is 3.38. The molecule has 114 valence electrons. The molecule has 0 bridgehead atoms. The average molecular weight is 313 g/mol. The Morgan fingerprint density at radius 3 is 2.52 bits per heavy atom. The molecule has 0 aromatic heterocycles. The molecule has 1 heterocycles. The number of anilines is 1. The van der Waals surface area contributed by atoms with E-state index in [-0.39, 0.29) is 34.5 Å². The maximum Gasteiger partial charge on any atom is 0.292 e. The van der Waals surface area contributed by atoms with E-state index in [2.05, 4.69) is 5.32 Å². The van der Waals surface area contributed by atoms with Gasteiger partial charge in [-0.3, -0.25) is 14.9 Å². The SMILES string of the molecule is Nc1ccc(C(=O)NC2CCS(=O)(=O)CC2)cc1[N+](=O)[O-]. The predicted octanol–water partition coefficient (Wildman–Crippen LogP) is 0.484. The van der Waals surface area contributed by atoms with Gasteiger partial charge in [-0.2, -0.15) is 0 Å². The van der Waals surface area contributed by atoms with Crippen molar-refractivity contribution in [2.75, 3.05) is 17.2 Å². The normalized spacial score (nSPS) is 18.1. The topological polar surface area (TPSA) is 132 Å². The molecule has 1 amide bonds. The summed E-state index contributed by atoms with van der Waals surface area (Å²) in [5.41, 5.74) is 5.25. The fraction of sp³-hybridized carbons (Fsp3) is 0.417. The summed E-state index contributed by atoms with van der Waals surface area (Å²) in [6, 6.07) is 3.58. The highest BCUT2D eigenvalue weighted by molar-refractivity contribution is 7.91. The summed E-state index contributed by atoms with van der Waals surface area (Å²) >= 11 is 0. The lowest BCUT2D eigenvalue weighted by Crippen LogP contribution is -2.40. The molecular formula is C12H15N3O5S. The van der Waals surface area contributed by atoms with Crippen LogP contribution in [-0.4, -0.2) is 36.8 Å². The number of carbonyl (C=O) groups excluding carboxylic acids is 1. The summed E-state index contributed by atoms with van der Waals surface area (Å²) in [5.74, 6) is -0.387. The minimum Gasteiger partial charge on any atom is -0.393 e. The molecule has 0 saturated carbocycles. The largest absolute Gasteiger partial charge is 0.393 e. The van der Waals surface area contributed by atoms with Crippen molar-refractivity contribution in [2.24, 2.45) is 0 Å². The van der Waals surface area contributed by atoms with E-state index in [4.69, 9.17) is 5.73 Å². The van der Waals surface area contributed by atoms with Crippen molar-refractivity contribution in [3.8, 4) is 0 Å². The Labute approximate surface area is 121 Å². The van der Waals surface area contributed by atoms with Crippen molar-refractivity contribution in [1.82, 2.24) is 5.32 Å². The Morgan fingerprint density at radius 2 is 1.95 bits per heavy atom. The monoisotopic (exact) mass is 313 g/mol. The first-order valence-electron chi connectivity index (χ1n) is 6.34. The lowest BCUT2D eigenvalue weighted by Gasteiger charge is -2.23. The van der Waals surface area contributed by atoms with E-state index in [1.807, 2.05) is 0 Å². The van der Waals surface area contributed by atoms with Gasteiger partial charge in [0.15, 0.2) is 0 Å². The number of nitrogens with zero attached hydrogens (tertiary/aromatic N) is 1. The molecule has 1 saturated heterocycles. The van der Waals surface area contributed by atoms with Gasteiger partial charge in [-0.15, -0.1) is 0 Å². The van der Waals surface area contributed by atoms with Gasteiger partial charge >= 0.3 is 0 Å². The molecule has 21 heavy (non-hydrogen) atoms. The van der Waals surface area contributed by atoms with Gasteiger partial charge in [-0.05, 0) is 25.0 Å². The van der Waals surface area contributed by atoms with Gasteiger partial charge in [0.05, 0.1) is 16.4 Å². The molecule has 0 atom stereocenters. The third-order valence-corrected chi connectivity index (χ3v) is 5.09. The highest BCUT2D eigenvalue weighted by Gasteiger charge is 2.25. The Morgan fingerprint density at radius 1 is 1.33 bits per heavy atom. The van der Waals surface area contributed by atoms with Crippen LogP contribution in [0.15, 0.2) is 18.2 Å². The van der Waals surface area contributed by atoms with Crippen molar-refractivity contribution in [3.05, 3.63) is 33.9 Å². The van der Waals surface area contributed by atoms with Crippen LogP contribution in [0, 0.1) is 10.1 Å². The van der Waals surface area contributed by atoms with Crippen molar-refractivity contribution in [3.63, 3.8) is 0 Å². The second-order valence-electron chi connectivity index (χ2n) is 4.93. The van der Waals surface area contributed by atoms with E-state index >= 15 is 0 Å². The maximum atomic E-state index is 12.0. The van der Waals surface area contributed by atoms with Crippen LogP contribution in [0.1, 0.15) is 23.2 Å². The summed E-state index contributed by atoms with van der Waals surface area (Å²) in [4.78, 5) is 22.2. The van der Waals surface area contributed by atoms with Crippen molar-refractivity contribution >= 4 is 27.1 Å². The summed E-state index contributed by atoms with van der Waals surface area (Å²) in [6.07, 6.45) is 0.705. The molecule has 0 radical (unpaired) electrons. The summed E-state index contributed by atoms with van der Waals surface area (Å²) in [5, 5.41) is 13.5. The van der Waals surface area contributed by atoms with Crippen molar-refractivity contribution in [1.29, 1.82) is 0 Å². The van der Waals surface area contributed by atoms with Crippen LogP contribution >= 0.6 is 0 Å². The van der Waals surface area contributed by atoms with Gasteiger partial charge in [-0.25, -0.2) is 8.42 Å². The van der Waals surface area contributed by atoms with Gasteiger partial charge in [0.2, 0.25) is 0 Å². The summed E-state index contributed by atoms with van der Waals surface area (Å²) in [7, 11) is -3.00. The Balaban J connectivity index is 2.07. The standard InChI is InChI=1S/C12H15N3O5S/c13-10-2-1-8(7-11(10)15(17)18)12(16)14-9-3-5-21(19,20)6-4-9/h1-2,7,9H,3-6,13H2,(H,14,16). The highest BCUT2D eigenvalue weighted by atomic mass is 32.2. The molecule has 1 aromatic rings. The van der Waals surface area contributed by atoms with Crippen LogP contribution in [-0.2, 0) is 9.84 Å². The zero-order valence-electron chi connectivity index (χ0n) is 11.1. The lowest BCUT2D eigenvalue weighted by molar-refractivity contribution is -0.383. The van der Waals surface area contributed by atoms with Gasteiger partial charge in [0.1, 0.15) is 15.5 Å². The molecule has 1 aliphatic heterocycles. The molecule has 0 spiro atoms. The minimum atomic E-state index is -3.00. The molecular weight excluding hydrogens is 298 g/mol. The summed E-state index contributed by atoms with van der Waals surface area (Å²) < 4.78 is 22.6. The van der Waals surface area contributed by atoms with Crippen molar-refractivity contribution in [2.45, 2.75) is 18.9 Å². The van der Waals surface area contributed by atoms with Crippen LogP contribution in [0.4, 0.5) is 11.4 Å². The number of rotatable bonds is 3. The molecule has 3 N–H and O–H groups in total. The fourth-order valence-electron chi connectivity index (χ4n) is 2.15. The first-order chi connectivity index (χ1) is 9.78. The Bertz CT molecular complexity index is 672. The number of nitrogens with two attached hydrogens (primary N) is 1. The van der Waals surface area contributed by atoms with E-state index in [0.717, 1.165) is 6.07 Å². The number of nitro groups is 1. The van der Waals surface area contributed by atoms with Crippen LogP contribution in [0.5, 0.6) is 0 Å². The number of nitro benzene ring substituents is 1. The molecule has 0 aliphatic carbocycles. The molecule has 1 aliphatic rings. The zero-order chi connectivity index (χ0) is 15.6. The Kier molecular flexibility index (Phi) is 4.12. The number of sulfone groups is 1. The lowest BCUT2D eigenvalue weighted by atomic mass is 10.1. The Hall–Kier alpha value is -2.16. The fourth-order valence-corrected chi connectivity index (χ4v) is 3.64. The molecule has 2 rings (SSSR count). The van der Waals surface area contributed by atoms with E-state index in [0.29, 0.717) is 12.8 Å². The first kappa shape index (κ1) is 15.2. The summed E-state index contributed by atoms with van der Waals surface area (Å²) in [6.45, 7) is 0. The number of carbonyl (C=O) groups is 1. The van der Waals surface area contributed by atoms with Crippen LogP contribution in [0.3, 0.4) is 0 Å². The smallest absolute Gasteiger partial charge is 0.292 e. The zero-order valence-corrected chi connectivity index (χ0v) is 11.9. The number of amides is 1. The van der Waals surface area contributed by atoms with E-state index < -0.39 is 20.7 Å². The van der Waals surface area contributed by atoms with Crippen molar-refractivity contribution < 1.29 is 18.1 Å². The number of hydrogen-bond donors (Lipinski definition) is 2. The third kappa shape index (κ3) is 3.69. The van der Waals surface area contributed by atoms with Gasteiger partial charge < -0.3 is 11.1 Å². The molecule has 8 nitrogen and oxygen atoms in total. The first-order valence-corrected chi connectivity index (χ1v) is 8.16. The van der Waals surface area contributed by atoms with Gasteiger partial charge in [0, 0.05) is 17.7 Å². The van der Waals surface area contributed by atoms with Gasteiger partial charge in [-0.1, -0.05) is 0 Å². The number of hydrogen-bond acceptors (Lipinski definition) is 6. The highest BCUT2D eigenvalue weighted by Crippen LogP contribution is 2.22. The second-order valence-corrected chi connectivity index (χ2v) is 7.23. The predicted molar refractivity (Wildman–Crippen MR) is 76.7 cm³/mol. The van der Waals surface area contributed by atoms with E-state index in [1.54, 1.807) is 0 Å². The molecule has 9 heteroatoms. The number of nitrogen functional groups attached to an aromatic ring is 1. The molecule has 0 unspecified atom stereocenters. The van der Waals surface area contributed by atoms with Gasteiger partial charge in [0.25, 0.3) is 11.6 Å². The second kappa shape index (κ2) is 5.68. The average Bonchev–Trinajstić information content (AvgIpc) is 2.41. The molecule has 1 fully saturated rings. The van der Waals surface area contributed by atoms with Crippen LogP contribution in [0.2, 0.25) is 0 Å². The number of benzene rings is 1. The molecule has 1 aromatic carbocycles. The van der Waals surface area contributed by atoms with E-state index in [1.165, 1.54) is 12.1 Å². The van der Waals surface area contributed by atoms with Crippen LogP contribution in [0.25, 0.3) is 0 Å². The quantitative estimate of drug-likeness (QED) is 0.474. The van der Waals surface area contributed by atoms with E-state index in [9.17, 15) is 23.3 Å². The van der Waals surface area contributed by atoms with Crippen LogP contribution < -0.4 is 11.1 Å². The number of nitrogens with one attached hydrogen (secondary N) is 1. The maximum absolute atomic E-state index is 12.0. The minimum absolute atomic E-state index is 0.0136.